The summed E-state index contributed by atoms with van der Waals surface area (Å²) in [6, 6.07) is 9.86. The number of rotatable bonds is 5. The number of amides is 2. The van der Waals surface area contributed by atoms with E-state index >= 15 is 0 Å². The summed E-state index contributed by atoms with van der Waals surface area (Å²) in [6.07, 6.45) is 0.285. The molecule has 21 heavy (non-hydrogen) atoms. The molecule has 1 heterocycles. The van der Waals surface area contributed by atoms with Gasteiger partial charge in [0.1, 0.15) is 0 Å². The zero-order valence-electron chi connectivity index (χ0n) is 12.1. The van der Waals surface area contributed by atoms with Gasteiger partial charge in [0, 0.05) is 26.1 Å². The molecule has 1 saturated heterocycles. The molecule has 2 rings (SSSR count). The Labute approximate surface area is 131 Å². The van der Waals surface area contributed by atoms with Gasteiger partial charge in [0.05, 0.1) is 12.0 Å². The maximum absolute atomic E-state index is 12.1. The summed E-state index contributed by atoms with van der Waals surface area (Å²) in [5.41, 5.74) is 6.45. The van der Waals surface area contributed by atoms with Crippen LogP contribution in [0.1, 0.15) is 24.9 Å². The average Bonchev–Trinajstić information content (AvgIpc) is 2.87. The SMILES string of the molecule is CC(c1ccccc1)N1CC(C(=O)NCCN)CC1=O.Cl. The standard InChI is InChI=1S/C15H21N3O2.ClH/c1-11(12-5-3-2-4-6-12)18-10-13(9-14(18)19)15(20)17-8-7-16;/h2-6,11,13H,7-10,16H2,1H3,(H,17,20);1H. The van der Waals surface area contributed by atoms with Gasteiger partial charge in [-0.15, -0.1) is 12.4 Å². The molecule has 1 aromatic carbocycles. The number of likely N-dealkylation sites (tertiary alicyclic amines) is 1. The van der Waals surface area contributed by atoms with E-state index in [9.17, 15) is 9.59 Å². The highest BCUT2D eigenvalue weighted by Crippen LogP contribution is 2.28. The van der Waals surface area contributed by atoms with E-state index in [1.165, 1.54) is 0 Å². The van der Waals surface area contributed by atoms with Crippen LogP contribution in [0.15, 0.2) is 30.3 Å². The first-order chi connectivity index (χ1) is 9.63. The number of nitrogens with two attached hydrogens (primary N) is 1. The molecule has 6 heteroatoms. The van der Waals surface area contributed by atoms with Gasteiger partial charge < -0.3 is 16.0 Å². The van der Waals surface area contributed by atoms with Gasteiger partial charge in [0.15, 0.2) is 0 Å². The fourth-order valence-corrected chi connectivity index (χ4v) is 2.53. The van der Waals surface area contributed by atoms with Crippen LogP contribution >= 0.6 is 12.4 Å². The van der Waals surface area contributed by atoms with E-state index in [1.807, 2.05) is 37.3 Å². The van der Waals surface area contributed by atoms with Crippen molar-refractivity contribution >= 4 is 24.2 Å². The molecule has 1 aliphatic heterocycles. The van der Waals surface area contributed by atoms with Crippen molar-refractivity contribution in [1.82, 2.24) is 10.2 Å². The van der Waals surface area contributed by atoms with Crippen molar-refractivity contribution in [3.63, 3.8) is 0 Å². The van der Waals surface area contributed by atoms with E-state index in [0.29, 0.717) is 19.6 Å². The normalized spacial score (nSPS) is 19.0. The molecular weight excluding hydrogens is 290 g/mol. The molecule has 2 amide bonds. The predicted molar refractivity (Wildman–Crippen MR) is 84.0 cm³/mol. The first kappa shape index (κ1) is 17.5. The Kier molecular flexibility index (Phi) is 6.65. The van der Waals surface area contributed by atoms with Crippen molar-refractivity contribution < 1.29 is 9.59 Å². The molecule has 0 bridgehead atoms. The Morgan fingerprint density at radius 1 is 1.43 bits per heavy atom. The summed E-state index contributed by atoms with van der Waals surface area (Å²) >= 11 is 0. The number of hydrogen-bond donors (Lipinski definition) is 2. The fourth-order valence-electron chi connectivity index (χ4n) is 2.53. The van der Waals surface area contributed by atoms with Gasteiger partial charge in [-0.2, -0.15) is 0 Å². The van der Waals surface area contributed by atoms with E-state index in [0.717, 1.165) is 5.56 Å². The number of hydrogen-bond acceptors (Lipinski definition) is 3. The molecular formula is C15H22ClN3O2. The molecule has 2 unspecified atom stereocenters. The molecule has 0 spiro atoms. The molecule has 1 fully saturated rings. The molecule has 1 aromatic rings. The van der Waals surface area contributed by atoms with Gasteiger partial charge in [-0.05, 0) is 12.5 Å². The summed E-state index contributed by atoms with van der Waals surface area (Å²) in [5, 5.41) is 2.75. The van der Waals surface area contributed by atoms with Crippen molar-refractivity contribution in [1.29, 1.82) is 0 Å². The summed E-state index contributed by atoms with van der Waals surface area (Å²) < 4.78 is 0. The predicted octanol–water partition coefficient (Wildman–Crippen LogP) is 1.09. The lowest BCUT2D eigenvalue weighted by Gasteiger charge is -2.25. The second kappa shape index (κ2) is 8.00. The molecule has 0 radical (unpaired) electrons. The third kappa shape index (κ3) is 4.19. The molecule has 2 atom stereocenters. The summed E-state index contributed by atoms with van der Waals surface area (Å²) in [4.78, 5) is 25.8. The van der Waals surface area contributed by atoms with Crippen LogP contribution in [0.5, 0.6) is 0 Å². The second-order valence-corrected chi connectivity index (χ2v) is 5.11. The van der Waals surface area contributed by atoms with Gasteiger partial charge in [-0.3, -0.25) is 9.59 Å². The van der Waals surface area contributed by atoms with E-state index in [2.05, 4.69) is 5.32 Å². The van der Waals surface area contributed by atoms with Crippen LogP contribution < -0.4 is 11.1 Å². The molecule has 3 N–H and O–H groups in total. The Bertz CT molecular complexity index is 481. The van der Waals surface area contributed by atoms with Gasteiger partial charge in [-0.25, -0.2) is 0 Å². The number of carbonyl (C=O) groups excluding carboxylic acids is 2. The van der Waals surface area contributed by atoms with Crippen LogP contribution in [-0.4, -0.2) is 36.3 Å². The van der Waals surface area contributed by atoms with Crippen LogP contribution in [0.4, 0.5) is 0 Å². The molecule has 1 aliphatic rings. The molecule has 0 saturated carbocycles. The van der Waals surface area contributed by atoms with Crippen molar-refractivity contribution in [2.75, 3.05) is 19.6 Å². The number of nitrogens with zero attached hydrogens (tertiary/aromatic N) is 1. The molecule has 0 aliphatic carbocycles. The van der Waals surface area contributed by atoms with E-state index in [1.54, 1.807) is 4.90 Å². The van der Waals surface area contributed by atoms with Crippen molar-refractivity contribution in [3.05, 3.63) is 35.9 Å². The average molecular weight is 312 g/mol. The van der Waals surface area contributed by atoms with Gasteiger partial charge >= 0.3 is 0 Å². The zero-order chi connectivity index (χ0) is 14.5. The zero-order valence-corrected chi connectivity index (χ0v) is 12.9. The second-order valence-electron chi connectivity index (χ2n) is 5.11. The van der Waals surface area contributed by atoms with Crippen molar-refractivity contribution in [2.24, 2.45) is 11.7 Å². The summed E-state index contributed by atoms with van der Waals surface area (Å²) in [6.45, 7) is 3.34. The maximum atomic E-state index is 12.1. The van der Waals surface area contributed by atoms with E-state index < -0.39 is 0 Å². The highest BCUT2D eigenvalue weighted by molar-refractivity contribution is 5.89. The third-order valence-corrected chi connectivity index (χ3v) is 3.72. The largest absolute Gasteiger partial charge is 0.355 e. The Hall–Kier alpha value is -1.59. The topological polar surface area (TPSA) is 75.4 Å². The van der Waals surface area contributed by atoms with Crippen LogP contribution in [0, 0.1) is 5.92 Å². The smallest absolute Gasteiger partial charge is 0.225 e. The number of halogens is 1. The van der Waals surface area contributed by atoms with Crippen molar-refractivity contribution in [2.45, 2.75) is 19.4 Å². The Morgan fingerprint density at radius 3 is 2.71 bits per heavy atom. The lowest BCUT2D eigenvalue weighted by Crippen LogP contribution is -2.36. The Morgan fingerprint density at radius 2 is 2.10 bits per heavy atom. The number of benzene rings is 1. The highest BCUT2D eigenvalue weighted by atomic mass is 35.5. The fraction of sp³-hybridized carbons (Fsp3) is 0.467. The minimum atomic E-state index is -0.264. The minimum Gasteiger partial charge on any atom is -0.355 e. The lowest BCUT2D eigenvalue weighted by atomic mass is 10.1. The molecule has 0 aromatic heterocycles. The maximum Gasteiger partial charge on any atom is 0.225 e. The van der Waals surface area contributed by atoms with Crippen LogP contribution in [0.2, 0.25) is 0 Å². The Balaban J connectivity index is 0.00000220. The van der Waals surface area contributed by atoms with Gasteiger partial charge in [-0.1, -0.05) is 30.3 Å². The van der Waals surface area contributed by atoms with Crippen LogP contribution in [-0.2, 0) is 9.59 Å². The monoisotopic (exact) mass is 311 g/mol. The van der Waals surface area contributed by atoms with Crippen LogP contribution in [0.3, 0.4) is 0 Å². The number of carbonyl (C=O) groups is 2. The first-order valence-electron chi connectivity index (χ1n) is 6.95. The molecule has 116 valence electrons. The van der Waals surface area contributed by atoms with E-state index in [4.69, 9.17) is 5.73 Å². The number of nitrogens with one attached hydrogen (secondary N) is 1. The van der Waals surface area contributed by atoms with Crippen molar-refractivity contribution in [3.8, 4) is 0 Å². The lowest BCUT2D eigenvalue weighted by molar-refractivity contribution is -0.130. The van der Waals surface area contributed by atoms with Crippen LogP contribution in [0.25, 0.3) is 0 Å². The third-order valence-electron chi connectivity index (χ3n) is 3.72. The summed E-state index contributed by atoms with van der Waals surface area (Å²) in [5.74, 6) is -0.305. The quantitative estimate of drug-likeness (QED) is 0.855. The van der Waals surface area contributed by atoms with Gasteiger partial charge in [0.2, 0.25) is 11.8 Å². The van der Waals surface area contributed by atoms with Gasteiger partial charge in [0.25, 0.3) is 0 Å². The molecule has 5 nitrogen and oxygen atoms in total. The summed E-state index contributed by atoms with van der Waals surface area (Å²) in [7, 11) is 0. The minimum absolute atomic E-state index is 0. The highest BCUT2D eigenvalue weighted by Gasteiger charge is 2.36. The first-order valence-corrected chi connectivity index (χ1v) is 6.95. The van der Waals surface area contributed by atoms with E-state index in [-0.39, 0.29) is 42.6 Å².